The van der Waals surface area contributed by atoms with Gasteiger partial charge in [-0.2, -0.15) is 0 Å². The zero-order chi connectivity index (χ0) is 15.1. The van der Waals surface area contributed by atoms with Crippen molar-refractivity contribution in [2.75, 3.05) is 34.9 Å². The Kier molecular flexibility index (Phi) is 6.27. The molecule has 0 radical (unpaired) electrons. The molecule has 0 spiro atoms. The molecule has 0 aliphatic rings. The number of rotatable bonds is 7. The fourth-order valence-electron chi connectivity index (χ4n) is 1.78. The van der Waals surface area contributed by atoms with Gasteiger partial charge in [0.05, 0.1) is 20.8 Å². The van der Waals surface area contributed by atoms with Crippen LogP contribution in [0, 0.1) is 0 Å². The van der Waals surface area contributed by atoms with Crippen LogP contribution >= 0.6 is 0 Å². The number of aliphatic hydroxyl groups excluding tert-OH is 1. The summed E-state index contributed by atoms with van der Waals surface area (Å²) in [6.07, 6.45) is 0. The molecule has 0 unspecified atom stereocenters. The van der Waals surface area contributed by atoms with E-state index < -0.39 is 6.04 Å². The van der Waals surface area contributed by atoms with Crippen LogP contribution in [-0.4, -0.2) is 56.9 Å². The first-order valence-electron chi connectivity index (χ1n) is 6.29. The molecule has 0 fully saturated rings. The monoisotopic (exact) mass is 282 g/mol. The summed E-state index contributed by atoms with van der Waals surface area (Å²) in [6, 6.07) is 4.84. The minimum atomic E-state index is -0.556. The molecule has 0 saturated heterocycles. The van der Waals surface area contributed by atoms with Crippen molar-refractivity contribution in [1.82, 2.24) is 10.2 Å². The van der Waals surface area contributed by atoms with Crippen molar-refractivity contribution in [3.63, 3.8) is 0 Å². The predicted octanol–water partition coefficient (Wildman–Crippen LogP) is 0.243. The summed E-state index contributed by atoms with van der Waals surface area (Å²) in [5, 5.41) is 12.0. The molecule has 20 heavy (non-hydrogen) atoms. The quantitative estimate of drug-likeness (QED) is 0.750. The van der Waals surface area contributed by atoms with E-state index in [9.17, 15) is 9.90 Å². The minimum absolute atomic E-state index is 0.224. The third-order valence-corrected chi connectivity index (χ3v) is 3.05. The molecule has 0 heterocycles. The molecular weight excluding hydrogens is 260 g/mol. The average Bonchev–Trinajstić information content (AvgIpc) is 2.45. The van der Waals surface area contributed by atoms with Gasteiger partial charge >= 0.3 is 0 Å². The summed E-state index contributed by atoms with van der Waals surface area (Å²) in [4.78, 5) is 13.6. The van der Waals surface area contributed by atoms with Crippen LogP contribution in [0.3, 0.4) is 0 Å². The molecule has 1 aromatic rings. The maximum atomic E-state index is 11.9. The van der Waals surface area contributed by atoms with Crippen LogP contribution in [0.15, 0.2) is 18.2 Å². The van der Waals surface area contributed by atoms with Crippen LogP contribution in [0.2, 0.25) is 0 Å². The Hall–Kier alpha value is -1.79. The lowest BCUT2D eigenvalue weighted by Gasteiger charge is -2.21. The van der Waals surface area contributed by atoms with Crippen LogP contribution in [0.1, 0.15) is 5.56 Å². The molecule has 0 aliphatic carbocycles. The second-order valence-electron chi connectivity index (χ2n) is 4.56. The number of aliphatic hydroxyl groups is 1. The number of carbonyl (C=O) groups is 1. The van der Waals surface area contributed by atoms with Gasteiger partial charge in [0.15, 0.2) is 0 Å². The van der Waals surface area contributed by atoms with Crippen LogP contribution in [-0.2, 0) is 11.3 Å². The van der Waals surface area contributed by atoms with Crippen molar-refractivity contribution in [3.8, 4) is 11.5 Å². The van der Waals surface area contributed by atoms with Gasteiger partial charge in [-0.3, -0.25) is 9.69 Å². The topological polar surface area (TPSA) is 71.0 Å². The molecule has 0 bridgehead atoms. The fraction of sp³-hybridized carbons (Fsp3) is 0.500. The Balaban J connectivity index is 2.72. The number of carbonyl (C=O) groups excluding carboxylic acids is 1. The molecule has 1 aromatic carbocycles. The molecule has 6 heteroatoms. The van der Waals surface area contributed by atoms with Crippen LogP contribution in [0.4, 0.5) is 0 Å². The molecule has 6 nitrogen and oxygen atoms in total. The average molecular weight is 282 g/mol. The van der Waals surface area contributed by atoms with Gasteiger partial charge in [0.2, 0.25) is 5.91 Å². The summed E-state index contributed by atoms with van der Waals surface area (Å²) in [5.41, 5.74) is 0.845. The Morgan fingerprint density at radius 1 is 1.35 bits per heavy atom. The molecule has 0 saturated carbocycles. The molecule has 0 aliphatic heterocycles. The number of nitrogens with zero attached hydrogens (tertiary/aromatic N) is 1. The zero-order valence-corrected chi connectivity index (χ0v) is 12.3. The number of ether oxygens (including phenoxy) is 2. The molecule has 1 atom stereocenters. The van der Waals surface area contributed by atoms with E-state index in [1.54, 1.807) is 45.3 Å². The third-order valence-electron chi connectivity index (χ3n) is 3.05. The Labute approximate surface area is 119 Å². The number of amides is 1. The smallest absolute Gasteiger partial charge is 0.239 e. The van der Waals surface area contributed by atoms with Gasteiger partial charge in [0.1, 0.15) is 17.5 Å². The third kappa shape index (κ3) is 4.11. The van der Waals surface area contributed by atoms with Crippen LogP contribution in [0.5, 0.6) is 11.5 Å². The summed E-state index contributed by atoms with van der Waals surface area (Å²) in [7, 11) is 6.64. The first-order chi connectivity index (χ1) is 9.53. The van der Waals surface area contributed by atoms with Gasteiger partial charge in [0.25, 0.3) is 0 Å². The Morgan fingerprint density at radius 2 is 2.05 bits per heavy atom. The summed E-state index contributed by atoms with van der Waals surface area (Å²) >= 11 is 0. The van der Waals surface area contributed by atoms with Crippen LogP contribution < -0.4 is 14.8 Å². The summed E-state index contributed by atoms with van der Waals surface area (Å²) < 4.78 is 10.4. The van der Waals surface area contributed by atoms with Gasteiger partial charge < -0.3 is 19.9 Å². The highest BCUT2D eigenvalue weighted by Gasteiger charge is 2.19. The van der Waals surface area contributed by atoms with E-state index in [1.807, 2.05) is 6.07 Å². The van der Waals surface area contributed by atoms with E-state index in [2.05, 4.69) is 5.32 Å². The lowest BCUT2D eigenvalue weighted by atomic mass is 10.1. The van der Waals surface area contributed by atoms with Crippen molar-refractivity contribution in [1.29, 1.82) is 0 Å². The summed E-state index contributed by atoms with van der Waals surface area (Å²) in [5.74, 6) is 1.11. The molecule has 1 rings (SSSR count). The first-order valence-corrected chi connectivity index (χ1v) is 6.29. The highest BCUT2D eigenvalue weighted by atomic mass is 16.5. The van der Waals surface area contributed by atoms with Gasteiger partial charge in [-0.05, 0) is 26.2 Å². The molecular formula is C14H22N2O4. The Morgan fingerprint density at radius 3 is 2.55 bits per heavy atom. The lowest BCUT2D eigenvalue weighted by molar-refractivity contribution is -0.127. The second kappa shape index (κ2) is 7.72. The largest absolute Gasteiger partial charge is 0.497 e. The van der Waals surface area contributed by atoms with E-state index in [0.717, 1.165) is 5.56 Å². The number of methoxy groups -OCH3 is 2. The van der Waals surface area contributed by atoms with E-state index >= 15 is 0 Å². The molecule has 112 valence electrons. The molecule has 0 aromatic heterocycles. The van der Waals surface area contributed by atoms with Crippen molar-refractivity contribution in [2.45, 2.75) is 12.6 Å². The number of likely N-dealkylation sites (N-methyl/N-ethyl adjacent to an activating group) is 1. The van der Waals surface area contributed by atoms with E-state index in [4.69, 9.17) is 9.47 Å². The number of nitrogens with one attached hydrogen (secondary N) is 1. The highest BCUT2D eigenvalue weighted by molar-refractivity contribution is 5.81. The van der Waals surface area contributed by atoms with Crippen molar-refractivity contribution in [2.24, 2.45) is 0 Å². The predicted molar refractivity (Wildman–Crippen MR) is 76.0 cm³/mol. The van der Waals surface area contributed by atoms with E-state index in [-0.39, 0.29) is 12.5 Å². The molecule has 1 amide bonds. The highest BCUT2D eigenvalue weighted by Crippen LogP contribution is 2.24. The van der Waals surface area contributed by atoms with Gasteiger partial charge in [0, 0.05) is 18.2 Å². The maximum absolute atomic E-state index is 11.9. The standard InChI is InChI=1S/C14H22N2O4/c1-16(2)12(9-17)14(18)15-8-10-5-6-11(19-3)7-13(10)20-4/h5-7,12,17H,8-9H2,1-4H3,(H,15,18)/t12-/m0/s1. The normalized spacial score (nSPS) is 12.1. The van der Waals surface area contributed by atoms with E-state index in [0.29, 0.717) is 18.0 Å². The number of hydrogen-bond donors (Lipinski definition) is 2. The number of hydrogen-bond acceptors (Lipinski definition) is 5. The van der Waals surface area contributed by atoms with Crippen LogP contribution in [0.25, 0.3) is 0 Å². The van der Waals surface area contributed by atoms with Crippen molar-refractivity contribution < 1.29 is 19.4 Å². The van der Waals surface area contributed by atoms with E-state index in [1.165, 1.54) is 0 Å². The second-order valence-corrected chi connectivity index (χ2v) is 4.56. The zero-order valence-electron chi connectivity index (χ0n) is 12.3. The minimum Gasteiger partial charge on any atom is -0.497 e. The lowest BCUT2D eigenvalue weighted by Crippen LogP contribution is -2.45. The Bertz CT molecular complexity index is 449. The van der Waals surface area contributed by atoms with Crippen molar-refractivity contribution >= 4 is 5.91 Å². The maximum Gasteiger partial charge on any atom is 0.239 e. The van der Waals surface area contributed by atoms with Gasteiger partial charge in [-0.15, -0.1) is 0 Å². The van der Waals surface area contributed by atoms with Crippen molar-refractivity contribution in [3.05, 3.63) is 23.8 Å². The SMILES string of the molecule is COc1ccc(CNC(=O)[C@H](CO)N(C)C)c(OC)c1. The first kappa shape index (κ1) is 16.3. The fourth-order valence-corrected chi connectivity index (χ4v) is 1.78. The van der Waals surface area contributed by atoms with Gasteiger partial charge in [-0.1, -0.05) is 0 Å². The number of benzene rings is 1. The summed E-state index contributed by atoms with van der Waals surface area (Å²) in [6.45, 7) is 0.106. The van der Waals surface area contributed by atoms with Gasteiger partial charge in [-0.25, -0.2) is 0 Å². The molecule has 2 N–H and O–H groups in total.